The van der Waals surface area contributed by atoms with Crippen molar-refractivity contribution in [3.63, 3.8) is 0 Å². The predicted molar refractivity (Wildman–Crippen MR) is 93.5 cm³/mol. The molecule has 0 atom stereocenters. The Morgan fingerprint density at radius 2 is 1.14 bits per heavy atom. The van der Waals surface area contributed by atoms with E-state index in [0.717, 1.165) is 11.0 Å². The van der Waals surface area contributed by atoms with Gasteiger partial charge in [0.05, 0.1) is 11.7 Å². The van der Waals surface area contributed by atoms with Gasteiger partial charge in [0.25, 0.3) is 0 Å². The monoisotopic (exact) mass is 328 g/mol. The lowest BCUT2D eigenvalue weighted by molar-refractivity contribution is 1.62. The minimum Gasteiger partial charge on any atom is -0.172 e. The van der Waals surface area contributed by atoms with Gasteiger partial charge in [0.2, 0.25) is 0 Å². The summed E-state index contributed by atoms with van der Waals surface area (Å²) in [4.78, 5) is 5.16. The Bertz CT molecular complexity index is 856. The van der Waals surface area contributed by atoms with E-state index in [-0.39, 0.29) is 0 Å². The highest BCUT2D eigenvalue weighted by Gasteiger charge is 2.15. The van der Waals surface area contributed by atoms with Crippen molar-refractivity contribution in [2.24, 2.45) is 0 Å². The van der Waals surface area contributed by atoms with Crippen molar-refractivity contribution >= 4 is 45.4 Å². The van der Waals surface area contributed by atoms with Crippen LogP contribution in [0.25, 0.3) is 31.9 Å². The third-order valence-corrected chi connectivity index (χ3v) is 6.02. The fraction of sp³-hybridized carbons (Fsp3) is 0.125. The molecule has 0 aliphatic carbocycles. The first-order valence-corrected chi connectivity index (χ1v) is 8.97. The second kappa shape index (κ2) is 5.02. The van der Waals surface area contributed by atoms with E-state index in [9.17, 15) is 0 Å². The maximum absolute atomic E-state index is 4.54. The second-order valence-electron chi connectivity index (χ2n) is 4.94. The first kappa shape index (κ1) is 13.1. The molecule has 4 aromatic rings. The summed E-state index contributed by atoms with van der Waals surface area (Å²) in [5.41, 5.74) is 4.42. The first-order valence-electron chi connectivity index (χ1n) is 6.61. The average molecular weight is 328 g/mol. The molecule has 5 heteroatoms. The van der Waals surface area contributed by atoms with Crippen LogP contribution in [0.2, 0.25) is 0 Å². The normalized spacial score (nSPS) is 11.3. The molecular weight excluding hydrogens is 316 g/mol. The summed E-state index contributed by atoms with van der Waals surface area (Å²) >= 11 is 4.90. The van der Waals surface area contributed by atoms with E-state index >= 15 is 0 Å². The van der Waals surface area contributed by atoms with Crippen LogP contribution in [0.4, 0.5) is 0 Å². The summed E-state index contributed by atoms with van der Waals surface area (Å²) < 4.78 is 9.08. The maximum Gasteiger partial charge on any atom is 0.114 e. The van der Waals surface area contributed by atoms with E-state index in [0.29, 0.717) is 0 Å². The van der Waals surface area contributed by atoms with Crippen molar-refractivity contribution in [2.45, 2.75) is 13.8 Å². The van der Waals surface area contributed by atoms with Gasteiger partial charge in [0.1, 0.15) is 11.0 Å². The number of aromatic nitrogens is 2. The molecule has 0 bridgehead atoms. The molecule has 0 aliphatic heterocycles. The van der Waals surface area contributed by atoms with E-state index in [2.05, 4.69) is 59.0 Å². The Morgan fingerprint density at radius 3 is 1.52 bits per heavy atom. The molecule has 4 rings (SSSR count). The zero-order valence-electron chi connectivity index (χ0n) is 11.6. The van der Waals surface area contributed by atoms with Crippen LogP contribution in [0.5, 0.6) is 0 Å². The van der Waals surface area contributed by atoms with Crippen molar-refractivity contribution in [3.05, 3.63) is 46.2 Å². The molecule has 0 aliphatic rings. The third-order valence-electron chi connectivity index (χ3n) is 3.43. The van der Waals surface area contributed by atoms with Crippen LogP contribution in [0.1, 0.15) is 9.75 Å². The van der Waals surface area contributed by atoms with E-state index in [1.165, 1.54) is 42.4 Å². The maximum atomic E-state index is 4.54. The SMILES string of the molecule is Cc1ccc(-c2ccc(-c3ccc(C)s3)c3nsnc23)s1. The Labute approximate surface area is 135 Å². The number of hydrogen-bond donors (Lipinski definition) is 0. The quantitative estimate of drug-likeness (QED) is 0.467. The standard InChI is InChI=1S/C16H12N2S3/c1-9-3-7-13(19-9)11-5-6-12(14-8-4-10(2)20-14)16-15(11)17-21-18-16/h3-8H,1-2H3. The molecule has 0 saturated carbocycles. The highest BCUT2D eigenvalue weighted by atomic mass is 32.1. The summed E-state index contributed by atoms with van der Waals surface area (Å²) in [6.07, 6.45) is 0. The highest BCUT2D eigenvalue weighted by Crippen LogP contribution is 2.38. The molecule has 1 aromatic carbocycles. The highest BCUT2D eigenvalue weighted by molar-refractivity contribution is 7.16. The average Bonchev–Trinajstić information content (AvgIpc) is 3.18. The largest absolute Gasteiger partial charge is 0.172 e. The van der Waals surface area contributed by atoms with Crippen LogP contribution in [0, 0.1) is 13.8 Å². The van der Waals surface area contributed by atoms with Crippen LogP contribution in [0.3, 0.4) is 0 Å². The number of benzene rings is 1. The molecule has 3 heterocycles. The van der Waals surface area contributed by atoms with Gasteiger partial charge in [-0.2, -0.15) is 8.75 Å². The summed E-state index contributed by atoms with van der Waals surface area (Å²) in [6.45, 7) is 4.26. The minimum absolute atomic E-state index is 1.02. The van der Waals surface area contributed by atoms with Crippen LogP contribution < -0.4 is 0 Å². The Balaban J connectivity index is 1.96. The summed E-state index contributed by atoms with van der Waals surface area (Å²) in [7, 11) is 0. The van der Waals surface area contributed by atoms with Gasteiger partial charge in [-0.3, -0.25) is 0 Å². The number of fused-ring (bicyclic) bond motifs is 1. The molecule has 0 saturated heterocycles. The van der Waals surface area contributed by atoms with Crippen molar-refractivity contribution in [1.82, 2.24) is 8.75 Å². The van der Waals surface area contributed by atoms with Crippen molar-refractivity contribution in [2.75, 3.05) is 0 Å². The van der Waals surface area contributed by atoms with Crippen LogP contribution in [-0.4, -0.2) is 8.75 Å². The van der Waals surface area contributed by atoms with Gasteiger partial charge >= 0.3 is 0 Å². The fourth-order valence-corrected chi connectivity index (χ4v) is 4.78. The van der Waals surface area contributed by atoms with Crippen molar-refractivity contribution in [1.29, 1.82) is 0 Å². The second-order valence-corrected chi connectivity index (χ2v) is 8.05. The van der Waals surface area contributed by atoms with Gasteiger partial charge in [0, 0.05) is 30.6 Å². The molecule has 104 valence electrons. The Hall–Kier alpha value is -1.56. The van der Waals surface area contributed by atoms with Gasteiger partial charge in [-0.05, 0) is 38.1 Å². The number of rotatable bonds is 2. The van der Waals surface area contributed by atoms with Gasteiger partial charge in [0.15, 0.2) is 0 Å². The summed E-state index contributed by atoms with van der Waals surface area (Å²) in [5.74, 6) is 0. The van der Waals surface area contributed by atoms with E-state index < -0.39 is 0 Å². The van der Waals surface area contributed by atoms with Crippen LogP contribution in [-0.2, 0) is 0 Å². The van der Waals surface area contributed by atoms with Crippen LogP contribution >= 0.6 is 34.4 Å². The zero-order chi connectivity index (χ0) is 14.4. The zero-order valence-corrected chi connectivity index (χ0v) is 14.0. The number of thiophene rings is 2. The summed E-state index contributed by atoms with van der Waals surface area (Å²) in [6, 6.07) is 13.0. The molecule has 0 unspecified atom stereocenters. The molecule has 0 radical (unpaired) electrons. The molecule has 21 heavy (non-hydrogen) atoms. The number of nitrogens with zero attached hydrogens (tertiary/aromatic N) is 2. The van der Waals surface area contributed by atoms with Crippen molar-refractivity contribution in [3.8, 4) is 20.9 Å². The Morgan fingerprint density at radius 1 is 0.667 bits per heavy atom. The number of aryl methyl sites for hydroxylation is 2. The van der Waals surface area contributed by atoms with Gasteiger partial charge in [-0.1, -0.05) is 12.1 Å². The van der Waals surface area contributed by atoms with E-state index in [1.807, 2.05) is 0 Å². The topological polar surface area (TPSA) is 25.8 Å². The van der Waals surface area contributed by atoms with E-state index in [4.69, 9.17) is 0 Å². The fourth-order valence-electron chi connectivity index (χ4n) is 2.42. The third kappa shape index (κ3) is 2.21. The molecule has 0 fully saturated rings. The Kier molecular flexibility index (Phi) is 3.14. The van der Waals surface area contributed by atoms with Gasteiger partial charge < -0.3 is 0 Å². The van der Waals surface area contributed by atoms with Gasteiger partial charge in [-0.25, -0.2) is 0 Å². The minimum atomic E-state index is 1.02. The number of hydrogen-bond acceptors (Lipinski definition) is 5. The molecule has 3 aromatic heterocycles. The van der Waals surface area contributed by atoms with Crippen LogP contribution in [0.15, 0.2) is 36.4 Å². The summed E-state index contributed by atoms with van der Waals surface area (Å²) in [5, 5.41) is 0. The molecule has 0 N–H and O–H groups in total. The molecular formula is C16H12N2S3. The smallest absolute Gasteiger partial charge is 0.114 e. The predicted octanol–water partition coefficient (Wildman–Crippen LogP) is 5.77. The molecule has 0 amide bonds. The molecule has 2 nitrogen and oxygen atoms in total. The lowest BCUT2D eigenvalue weighted by Gasteiger charge is -2.03. The first-order chi connectivity index (χ1) is 10.2. The lowest BCUT2D eigenvalue weighted by atomic mass is 10.1. The lowest BCUT2D eigenvalue weighted by Crippen LogP contribution is -1.81. The van der Waals surface area contributed by atoms with Gasteiger partial charge in [-0.15, -0.1) is 22.7 Å². The molecule has 0 spiro atoms. The van der Waals surface area contributed by atoms with Crippen molar-refractivity contribution < 1.29 is 0 Å². The van der Waals surface area contributed by atoms with E-state index in [1.54, 1.807) is 22.7 Å².